The van der Waals surface area contributed by atoms with Gasteiger partial charge in [-0.05, 0) is 53.8 Å². The van der Waals surface area contributed by atoms with Crippen molar-refractivity contribution in [3.63, 3.8) is 0 Å². The van der Waals surface area contributed by atoms with Crippen LogP contribution < -0.4 is 5.56 Å². The summed E-state index contributed by atoms with van der Waals surface area (Å²) in [6.07, 6.45) is 5.82. The summed E-state index contributed by atoms with van der Waals surface area (Å²) in [5.74, 6) is 0. The first kappa shape index (κ1) is 17.7. The maximum atomic E-state index is 11.5. The monoisotopic (exact) mass is 391 g/mol. The zero-order chi connectivity index (χ0) is 18.9. The number of hydrogen-bond donors (Lipinski definition) is 1. The Hall–Kier alpha value is -2.37. The minimum Gasteiger partial charge on any atom is -0.369 e. The number of H-pyrrole nitrogens is 1. The van der Waals surface area contributed by atoms with Gasteiger partial charge in [0.1, 0.15) is 0 Å². The van der Waals surface area contributed by atoms with Gasteiger partial charge in [-0.2, -0.15) is 0 Å². The van der Waals surface area contributed by atoms with Crippen molar-refractivity contribution >= 4 is 27.9 Å². The van der Waals surface area contributed by atoms with E-state index in [0.717, 1.165) is 50.0 Å². The van der Waals surface area contributed by atoms with Gasteiger partial charge in [-0.1, -0.05) is 18.2 Å². The van der Waals surface area contributed by atoms with Crippen molar-refractivity contribution in [2.24, 2.45) is 0 Å². The maximum absolute atomic E-state index is 11.5. The molecule has 2 aromatic heterocycles. The second-order valence-corrected chi connectivity index (χ2v) is 8.71. The number of thiophene rings is 1. The number of aromatic amines is 1. The Morgan fingerprint density at radius 1 is 1.04 bits per heavy atom. The number of allylic oxidation sites excluding steroid dienone is 1. The third kappa shape index (κ3) is 3.52. The minimum absolute atomic E-state index is 0.0356. The summed E-state index contributed by atoms with van der Waals surface area (Å²) in [4.78, 5) is 21.2. The van der Waals surface area contributed by atoms with Crippen molar-refractivity contribution in [2.75, 3.05) is 32.7 Å². The molecule has 0 atom stereocenters. The molecule has 0 unspecified atom stereocenters. The van der Waals surface area contributed by atoms with Crippen molar-refractivity contribution in [3.8, 4) is 0 Å². The SMILES string of the molecule is O=c1ccc2ccc(CCN3CCN(C4=CCCc5sccc54)CC3)cc2[nH]1. The van der Waals surface area contributed by atoms with Gasteiger partial charge in [0.25, 0.3) is 0 Å². The normalized spacial score (nSPS) is 17.6. The van der Waals surface area contributed by atoms with Gasteiger partial charge in [-0.3, -0.25) is 9.69 Å². The van der Waals surface area contributed by atoms with E-state index in [1.54, 1.807) is 10.9 Å². The molecular formula is C23H25N3OS. The van der Waals surface area contributed by atoms with Crippen LogP contribution in [0.2, 0.25) is 0 Å². The zero-order valence-corrected chi connectivity index (χ0v) is 16.8. The number of benzene rings is 1. The van der Waals surface area contributed by atoms with Crippen LogP contribution in [0.25, 0.3) is 16.6 Å². The highest BCUT2D eigenvalue weighted by atomic mass is 32.1. The molecule has 4 nitrogen and oxygen atoms in total. The maximum Gasteiger partial charge on any atom is 0.248 e. The van der Waals surface area contributed by atoms with E-state index in [-0.39, 0.29) is 5.56 Å². The molecule has 1 aromatic carbocycles. The van der Waals surface area contributed by atoms with Gasteiger partial charge >= 0.3 is 0 Å². The van der Waals surface area contributed by atoms with E-state index in [4.69, 9.17) is 0 Å². The summed E-state index contributed by atoms with van der Waals surface area (Å²) in [5, 5.41) is 3.32. The van der Waals surface area contributed by atoms with Gasteiger partial charge in [-0.15, -0.1) is 11.3 Å². The highest BCUT2D eigenvalue weighted by Gasteiger charge is 2.23. The lowest BCUT2D eigenvalue weighted by Gasteiger charge is -2.38. The van der Waals surface area contributed by atoms with E-state index in [2.05, 4.69) is 50.5 Å². The first-order chi connectivity index (χ1) is 13.8. The van der Waals surface area contributed by atoms with E-state index in [0.29, 0.717) is 0 Å². The number of nitrogens with one attached hydrogen (secondary N) is 1. The summed E-state index contributed by atoms with van der Waals surface area (Å²) in [6.45, 7) is 5.50. The minimum atomic E-state index is -0.0356. The van der Waals surface area contributed by atoms with Crippen LogP contribution in [-0.4, -0.2) is 47.5 Å². The second-order valence-electron chi connectivity index (χ2n) is 7.71. The molecule has 28 heavy (non-hydrogen) atoms. The number of rotatable bonds is 4. The van der Waals surface area contributed by atoms with Crippen LogP contribution >= 0.6 is 11.3 Å². The fourth-order valence-electron chi connectivity index (χ4n) is 4.36. The van der Waals surface area contributed by atoms with Crippen LogP contribution in [0.1, 0.15) is 22.4 Å². The van der Waals surface area contributed by atoms with Crippen molar-refractivity contribution in [3.05, 3.63) is 74.2 Å². The molecule has 3 heterocycles. The molecule has 1 aliphatic heterocycles. The van der Waals surface area contributed by atoms with Gasteiger partial charge in [0, 0.05) is 60.4 Å². The molecule has 5 heteroatoms. The predicted octanol–water partition coefficient (Wildman–Crippen LogP) is 3.74. The van der Waals surface area contributed by atoms with Crippen LogP contribution in [0, 0.1) is 0 Å². The standard InChI is InChI=1S/C23H25N3OS/c27-23-7-6-18-5-4-17(16-20(18)24-23)8-10-25-11-13-26(14-12-25)21-2-1-3-22-19(21)9-15-28-22/h2,4-7,9,15-16H,1,3,8,10-14H2,(H,24,27). The van der Waals surface area contributed by atoms with Gasteiger partial charge in [0.05, 0.1) is 0 Å². The molecule has 0 amide bonds. The second kappa shape index (κ2) is 7.57. The number of fused-ring (bicyclic) bond motifs is 2. The Labute approximate surface area is 169 Å². The molecule has 0 saturated carbocycles. The van der Waals surface area contributed by atoms with E-state index in [1.165, 1.54) is 29.7 Å². The Kier molecular flexibility index (Phi) is 4.79. The molecule has 1 aliphatic carbocycles. The third-order valence-electron chi connectivity index (χ3n) is 5.95. The summed E-state index contributed by atoms with van der Waals surface area (Å²) in [5.41, 5.74) is 5.11. The number of hydrogen-bond acceptors (Lipinski definition) is 4. The largest absolute Gasteiger partial charge is 0.369 e. The summed E-state index contributed by atoms with van der Waals surface area (Å²) >= 11 is 1.90. The first-order valence-electron chi connectivity index (χ1n) is 10.1. The summed E-state index contributed by atoms with van der Waals surface area (Å²) in [6, 6.07) is 12.2. The molecule has 5 rings (SSSR count). The number of aromatic nitrogens is 1. The molecule has 3 aromatic rings. The Morgan fingerprint density at radius 2 is 1.89 bits per heavy atom. The Morgan fingerprint density at radius 3 is 2.79 bits per heavy atom. The van der Waals surface area contributed by atoms with E-state index >= 15 is 0 Å². The Bertz CT molecular complexity index is 1070. The zero-order valence-electron chi connectivity index (χ0n) is 16.0. The van der Waals surface area contributed by atoms with Crippen molar-refractivity contribution < 1.29 is 0 Å². The van der Waals surface area contributed by atoms with E-state index in [9.17, 15) is 4.79 Å². The van der Waals surface area contributed by atoms with Crippen molar-refractivity contribution in [2.45, 2.75) is 19.3 Å². The molecule has 1 saturated heterocycles. The van der Waals surface area contributed by atoms with E-state index < -0.39 is 0 Å². The quantitative estimate of drug-likeness (QED) is 0.736. The highest BCUT2D eigenvalue weighted by molar-refractivity contribution is 7.10. The fourth-order valence-corrected chi connectivity index (χ4v) is 5.27. The highest BCUT2D eigenvalue weighted by Crippen LogP contribution is 2.33. The molecule has 2 aliphatic rings. The molecule has 0 spiro atoms. The van der Waals surface area contributed by atoms with E-state index in [1.807, 2.05) is 17.4 Å². The van der Waals surface area contributed by atoms with Gasteiger partial charge in [0.2, 0.25) is 5.56 Å². The molecule has 0 bridgehead atoms. The number of piperazine rings is 1. The van der Waals surface area contributed by atoms with Crippen molar-refractivity contribution in [1.29, 1.82) is 0 Å². The lowest BCUT2D eigenvalue weighted by molar-refractivity contribution is 0.177. The first-order valence-corrected chi connectivity index (χ1v) is 11.0. The van der Waals surface area contributed by atoms with Crippen molar-refractivity contribution in [1.82, 2.24) is 14.8 Å². The van der Waals surface area contributed by atoms with Crippen LogP contribution in [0.3, 0.4) is 0 Å². The average Bonchev–Trinajstić information content (AvgIpc) is 3.21. The van der Waals surface area contributed by atoms with Gasteiger partial charge in [0.15, 0.2) is 0 Å². The molecular weight excluding hydrogens is 366 g/mol. The van der Waals surface area contributed by atoms with Crippen LogP contribution in [0.5, 0.6) is 0 Å². The molecule has 144 valence electrons. The Balaban J connectivity index is 1.19. The van der Waals surface area contributed by atoms with Crippen LogP contribution in [-0.2, 0) is 12.8 Å². The number of aryl methyl sites for hydroxylation is 1. The third-order valence-corrected chi connectivity index (χ3v) is 6.93. The smallest absolute Gasteiger partial charge is 0.248 e. The average molecular weight is 392 g/mol. The fraction of sp³-hybridized carbons (Fsp3) is 0.348. The summed E-state index contributed by atoms with van der Waals surface area (Å²) < 4.78 is 0. The molecule has 1 N–H and O–H groups in total. The summed E-state index contributed by atoms with van der Waals surface area (Å²) in [7, 11) is 0. The number of pyridine rings is 1. The molecule has 0 radical (unpaired) electrons. The van der Waals surface area contributed by atoms with Crippen LogP contribution in [0.15, 0.2) is 52.6 Å². The van der Waals surface area contributed by atoms with Gasteiger partial charge in [-0.25, -0.2) is 0 Å². The molecule has 1 fully saturated rings. The topological polar surface area (TPSA) is 39.3 Å². The van der Waals surface area contributed by atoms with Crippen LogP contribution in [0.4, 0.5) is 0 Å². The predicted molar refractivity (Wildman–Crippen MR) is 117 cm³/mol. The lowest BCUT2D eigenvalue weighted by Crippen LogP contribution is -2.46. The number of nitrogens with zero attached hydrogens (tertiary/aromatic N) is 2. The van der Waals surface area contributed by atoms with Gasteiger partial charge < -0.3 is 9.88 Å². The lowest BCUT2D eigenvalue weighted by atomic mass is 10.0.